The largest absolute Gasteiger partial charge is 0.445 e. The van der Waals surface area contributed by atoms with Crippen LogP contribution in [0.5, 0.6) is 0 Å². The average Bonchev–Trinajstić information content (AvgIpc) is 2.49. The number of para-hydroxylation sites is 1. The summed E-state index contributed by atoms with van der Waals surface area (Å²) in [5.74, 6) is 0. The third-order valence-electron chi connectivity index (χ3n) is 4.01. The van der Waals surface area contributed by atoms with Crippen LogP contribution in [-0.4, -0.2) is 36.7 Å². The predicted molar refractivity (Wildman–Crippen MR) is 90.7 cm³/mol. The Balaban J connectivity index is 1.86. The SMILES string of the molecule is CCCCN1CCCC(OC(=O)Nc2c(C)cccc2Cl)C1. The zero-order valence-corrected chi connectivity index (χ0v) is 14.2. The highest BCUT2D eigenvalue weighted by atomic mass is 35.5. The van der Waals surface area contributed by atoms with Gasteiger partial charge in [0.2, 0.25) is 0 Å². The van der Waals surface area contributed by atoms with E-state index < -0.39 is 6.09 Å². The standard InChI is InChI=1S/C17H25ClN2O2/c1-3-4-10-20-11-6-8-14(12-20)22-17(21)19-16-13(2)7-5-9-15(16)18/h5,7,9,14H,3-4,6,8,10-12H2,1-2H3,(H,19,21). The molecule has 0 bridgehead atoms. The minimum absolute atomic E-state index is 0.0339. The minimum Gasteiger partial charge on any atom is -0.445 e. The summed E-state index contributed by atoms with van der Waals surface area (Å²) in [6, 6.07) is 5.53. The summed E-state index contributed by atoms with van der Waals surface area (Å²) in [4.78, 5) is 14.5. The van der Waals surface area contributed by atoms with Crippen molar-refractivity contribution in [1.29, 1.82) is 0 Å². The molecule has 0 saturated carbocycles. The molecule has 2 rings (SSSR count). The number of piperidine rings is 1. The molecule has 1 aromatic carbocycles. The number of benzene rings is 1. The van der Waals surface area contributed by atoms with Crippen LogP contribution in [0.1, 0.15) is 38.2 Å². The second kappa shape index (κ2) is 8.39. The number of aryl methyl sites for hydroxylation is 1. The van der Waals surface area contributed by atoms with Crippen LogP contribution in [0, 0.1) is 6.92 Å². The van der Waals surface area contributed by atoms with Crippen molar-refractivity contribution in [3.63, 3.8) is 0 Å². The van der Waals surface area contributed by atoms with Gasteiger partial charge in [-0.15, -0.1) is 0 Å². The van der Waals surface area contributed by atoms with Gasteiger partial charge in [-0.25, -0.2) is 4.79 Å². The first kappa shape index (κ1) is 17.1. The fourth-order valence-corrected chi connectivity index (χ4v) is 3.04. The molecule has 1 saturated heterocycles. The fraction of sp³-hybridized carbons (Fsp3) is 0.588. The molecule has 1 aliphatic heterocycles. The van der Waals surface area contributed by atoms with Gasteiger partial charge in [0.05, 0.1) is 10.7 Å². The van der Waals surface area contributed by atoms with Gasteiger partial charge in [-0.2, -0.15) is 0 Å². The molecular weight excluding hydrogens is 300 g/mol. The summed E-state index contributed by atoms with van der Waals surface area (Å²) in [5, 5.41) is 3.30. The van der Waals surface area contributed by atoms with E-state index >= 15 is 0 Å². The molecule has 22 heavy (non-hydrogen) atoms. The smallest absolute Gasteiger partial charge is 0.411 e. The molecule has 1 N–H and O–H groups in total. The van der Waals surface area contributed by atoms with Gasteiger partial charge in [-0.1, -0.05) is 37.1 Å². The zero-order valence-electron chi connectivity index (χ0n) is 13.4. The number of halogens is 1. The first-order chi connectivity index (χ1) is 10.6. The molecule has 5 heteroatoms. The maximum atomic E-state index is 12.1. The molecule has 1 amide bonds. The number of anilines is 1. The molecule has 1 atom stereocenters. The Kier molecular flexibility index (Phi) is 6.52. The molecule has 0 aliphatic carbocycles. The Hall–Kier alpha value is -1.26. The zero-order chi connectivity index (χ0) is 15.9. The van der Waals surface area contributed by atoms with E-state index in [-0.39, 0.29) is 6.10 Å². The monoisotopic (exact) mass is 324 g/mol. The topological polar surface area (TPSA) is 41.6 Å². The van der Waals surface area contributed by atoms with Gasteiger partial charge < -0.3 is 4.74 Å². The molecule has 1 unspecified atom stereocenters. The predicted octanol–water partition coefficient (Wildman–Crippen LogP) is 4.46. The van der Waals surface area contributed by atoms with Crippen molar-refractivity contribution in [2.75, 3.05) is 25.0 Å². The van der Waals surface area contributed by atoms with Crippen molar-refractivity contribution in [2.45, 2.75) is 45.6 Å². The highest BCUT2D eigenvalue weighted by Gasteiger charge is 2.23. The minimum atomic E-state index is -0.418. The summed E-state index contributed by atoms with van der Waals surface area (Å²) in [7, 11) is 0. The molecule has 0 aromatic heterocycles. The lowest BCUT2D eigenvalue weighted by molar-refractivity contribution is 0.0495. The lowest BCUT2D eigenvalue weighted by atomic mass is 10.1. The Morgan fingerprint density at radius 1 is 1.50 bits per heavy atom. The van der Waals surface area contributed by atoms with Gasteiger partial charge in [0.15, 0.2) is 0 Å². The van der Waals surface area contributed by atoms with E-state index in [1.165, 1.54) is 12.8 Å². The summed E-state index contributed by atoms with van der Waals surface area (Å²) in [6.07, 6.45) is 3.93. The van der Waals surface area contributed by atoms with Gasteiger partial charge >= 0.3 is 6.09 Å². The molecule has 1 heterocycles. The third-order valence-corrected chi connectivity index (χ3v) is 4.33. The summed E-state index contributed by atoms with van der Waals surface area (Å²) in [5.41, 5.74) is 1.56. The van der Waals surface area contributed by atoms with Crippen molar-refractivity contribution in [1.82, 2.24) is 4.90 Å². The van der Waals surface area contributed by atoms with E-state index in [9.17, 15) is 4.79 Å². The lowest BCUT2D eigenvalue weighted by Crippen LogP contribution is -2.41. The highest BCUT2D eigenvalue weighted by Crippen LogP contribution is 2.25. The van der Waals surface area contributed by atoms with Gasteiger partial charge in [0.25, 0.3) is 0 Å². The Morgan fingerprint density at radius 3 is 3.05 bits per heavy atom. The molecule has 4 nitrogen and oxygen atoms in total. The lowest BCUT2D eigenvalue weighted by Gasteiger charge is -2.32. The van der Waals surface area contributed by atoms with Crippen LogP contribution < -0.4 is 5.32 Å². The molecule has 122 valence electrons. The number of nitrogens with zero attached hydrogens (tertiary/aromatic N) is 1. The van der Waals surface area contributed by atoms with Crippen LogP contribution in [-0.2, 0) is 4.74 Å². The summed E-state index contributed by atoms with van der Waals surface area (Å²) in [6.45, 7) is 7.12. The van der Waals surface area contributed by atoms with E-state index in [1.807, 2.05) is 19.1 Å². The van der Waals surface area contributed by atoms with Gasteiger partial charge in [-0.3, -0.25) is 10.2 Å². The quantitative estimate of drug-likeness (QED) is 0.869. The van der Waals surface area contributed by atoms with Crippen molar-refractivity contribution in [3.8, 4) is 0 Å². The van der Waals surface area contributed by atoms with Crippen LogP contribution in [0.4, 0.5) is 10.5 Å². The van der Waals surface area contributed by atoms with E-state index in [4.69, 9.17) is 16.3 Å². The second-order valence-corrected chi connectivity index (χ2v) is 6.29. The van der Waals surface area contributed by atoms with Crippen LogP contribution in [0.3, 0.4) is 0 Å². The molecular formula is C17H25ClN2O2. The van der Waals surface area contributed by atoms with Crippen molar-refractivity contribution < 1.29 is 9.53 Å². The van der Waals surface area contributed by atoms with Gasteiger partial charge in [0, 0.05) is 6.54 Å². The maximum absolute atomic E-state index is 12.1. The number of nitrogens with one attached hydrogen (secondary N) is 1. The van der Waals surface area contributed by atoms with E-state index in [0.29, 0.717) is 10.7 Å². The number of amides is 1. The first-order valence-electron chi connectivity index (χ1n) is 8.05. The van der Waals surface area contributed by atoms with Crippen LogP contribution in [0.2, 0.25) is 5.02 Å². The second-order valence-electron chi connectivity index (χ2n) is 5.88. The van der Waals surface area contributed by atoms with E-state index in [1.54, 1.807) is 6.07 Å². The fourth-order valence-electron chi connectivity index (χ4n) is 2.77. The number of ether oxygens (including phenoxy) is 1. The van der Waals surface area contributed by atoms with Gasteiger partial charge in [-0.05, 0) is 50.9 Å². The molecule has 0 spiro atoms. The molecule has 1 fully saturated rings. The first-order valence-corrected chi connectivity index (χ1v) is 8.43. The number of rotatable bonds is 5. The van der Waals surface area contributed by atoms with Crippen molar-refractivity contribution >= 4 is 23.4 Å². The normalized spacial score (nSPS) is 19.0. The van der Waals surface area contributed by atoms with Crippen molar-refractivity contribution in [2.24, 2.45) is 0 Å². The van der Waals surface area contributed by atoms with E-state index in [2.05, 4.69) is 17.1 Å². The van der Waals surface area contributed by atoms with Crippen LogP contribution in [0.15, 0.2) is 18.2 Å². The van der Waals surface area contributed by atoms with Gasteiger partial charge in [0.1, 0.15) is 6.10 Å². The molecule has 1 aliphatic rings. The number of hydrogen-bond donors (Lipinski definition) is 1. The molecule has 1 aromatic rings. The Morgan fingerprint density at radius 2 is 2.32 bits per heavy atom. The Labute approximate surface area is 137 Å². The number of carbonyl (C=O) groups is 1. The number of likely N-dealkylation sites (tertiary alicyclic amines) is 1. The van der Waals surface area contributed by atoms with Crippen LogP contribution >= 0.6 is 11.6 Å². The highest BCUT2D eigenvalue weighted by molar-refractivity contribution is 6.33. The van der Waals surface area contributed by atoms with Crippen molar-refractivity contribution in [3.05, 3.63) is 28.8 Å². The molecule has 0 radical (unpaired) electrons. The maximum Gasteiger partial charge on any atom is 0.411 e. The number of carbonyl (C=O) groups excluding carboxylic acids is 1. The third kappa shape index (κ3) is 4.89. The summed E-state index contributed by atoms with van der Waals surface area (Å²) < 4.78 is 5.57. The van der Waals surface area contributed by atoms with Crippen LogP contribution in [0.25, 0.3) is 0 Å². The number of hydrogen-bond acceptors (Lipinski definition) is 3. The Bertz CT molecular complexity index is 487. The number of unbranched alkanes of at least 4 members (excludes halogenated alkanes) is 1. The summed E-state index contributed by atoms with van der Waals surface area (Å²) >= 11 is 6.12. The van der Waals surface area contributed by atoms with E-state index in [0.717, 1.165) is 38.0 Å². The average molecular weight is 325 g/mol.